The smallest absolute Gasteiger partial charge is 0.306 e. The SMILES string of the molecule is CCCCCNC(=O)C(C)N1CC(C(C)C(=O)O)C1. The summed E-state index contributed by atoms with van der Waals surface area (Å²) in [4.78, 5) is 24.8. The molecule has 2 atom stereocenters. The predicted octanol–water partition coefficient (Wildman–Crippen LogP) is 1.33. The maximum Gasteiger partial charge on any atom is 0.306 e. The number of likely N-dealkylation sites (tertiary alicyclic amines) is 1. The van der Waals surface area contributed by atoms with Crippen molar-refractivity contribution in [3.63, 3.8) is 0 Å². The van der Waals surface area contributed by atoms with Crippen molar-refractivity contribution in [2.24, 2.45) is 11.8 Å². The lowest BCUT2D eigenvalue weighted by Crippen LogP contribution is -2.58. The number of carbonyl (C=O) groups is 2. The number of carboxylic acids is 1. The lowest BCUT2D eigenvalue weighted by atomic mass is 9.86. The van der Waals surface area contributed by atoms with Gasteiger partial charge in [-0.05, 0) is 19.3 Å². The van der Waals surface area contributed by atoms with Gasteiger partial charge in [-0.1, -0.05) is 26.7 Å². The van der Waals surface area contributed by atoms with Gasteiger partial charge < -0.3 is 10.4 Å². The van der Waals surface area contributed by atoms with E-state index in [1.807, 2.05) is 11.8 Å². The van der Waals surface area contributed by atoms with Crippen molar-refractivity contribution in [3.05, 3.63) is 0 Å². The van der Waals surface area contributed by atoms with E-state index in [0.29, 0.717) is 13.1 Å². The van der Waals surface area contributed by atoms with E-state index in [4.69, 9.17) is 5.11 Å². The molecule has 2 N–H and O–H groups in total. The summed E-state index contributed by atoms with van der Waals surface area (Å²) in [7, 11) is 0. The highest BCUT2D eigenvalue weighted by Gasteiger charge is 2.38. The number of carbonyl (C=O) groups excluding carboxylic acids is 1. The van der Waals surface area contributed by atoms with Gasteiger partial charge in [0, 0.05) is 19.6 Å². The number of nitrogens with one attached hydrogen (secondary N) is 1. The molecule has 0 aromatic carbocycles. The van der Waals surface area contributed by atoms with Crippen LogP contribution in [0.5, 0.6) is 0 Å². The minimum absolute atomic E-state index is 0.0533. The molecule has 5 nitrogen and oxygen atoms in total. The van der Waals surface area contributed by atoms with Gasteiger partial charge in [0.15, 0.2) is 0 Å². The highest BCUT2D eigenvalue weighted by molar-refractivity contribution is 5.81. The summed E-state index contributed by atoms with van der Waals surface area (Å²) in [5.74, 6) is -0.845. The van der Waals surface area contributed by atoms with E-state index in [1.165, 1.54) is 0 Å². The van der Waals surface area contributed by atoms with E-state index in [-0.39, 0.29) is 23.8 Å². The number of aliphatic carboxylic acids is 1. The highest BCUT2D eigenvalue weighted by Crippen LogP contribution is 2.25. The van der Waals surface area contributed by atoms with E-state index in [2.05, 4.69) is 12.2 Å². The zero-order valence-corrected chi connectivity index (χ0v) is 12.2. The first-order valence-corrected chi connectivity index (χ1v) is 7.22. The van der Waals surface area contributed by atoms with Gasteiger partial charge in [0.1, 0.15) is 0 Å². The molecule has 1 fully saturated rings. The molecule has 0 aromatic heterocycles. The first-order chi connectivity index (χ1) is 8.97. The largest absolute Gasteiger partial charge is 0.481 e. The van der Waals surface area contributed by atoms with Crippen molar-refractivity contribution in [2.45, 2.75) is 46.1 Å². The van der Waals surface area contributed by atoms with Crippen LogP contribution in [0.3, 0.4) is 0 Å². The summed E-state index contributed by atoms with van der Waals surface area (Å²) in [5.41, 5.74) is 0. The van der Waals surface area contributed by atoms with Crippen LogP contribution in [0.4, 0.5) is 0 Å². The first kappa shape index (κ1) is 16.0. The number of amides is 1. The maximum atomic E-state index is 11.9. The second-order valence-electron chi connectivity index (χ2n) is 5.52. The van der Waals surface area contributed by atoms with Crippen LogP contribution in [-0.2, 0) is 9.59 Å². The van der Waals surface area contributed by atoms with Gasteiger partial charge in [0.25, 0.3) is 0 Å². The molecule has 1 amide bonds. The molecule has 1 aliphatic rings. The lowest BCUT2D eigenvalue weighted by molar-refractivity contribution is -0.146. The Morgan fingerprint density at radius 1 is 1.32 bits per heavy atom. The molecule has 1 heterocycles. The summed E-state index contributed by atoms with van der Waals surface area (Å²) >= 11 is 0. The average molecular weight is 270 g/mol. The Morgan fingerprint density at radius 3 is 2.47 bits per heavy atom. The van der Waals surface area contributed by atoms with Gasteiger partial charge in [-0.15, -0.1) is 0 Å². The number of hydrogen-bond donors (Lipinski definition) is 2. The zero-order chi connectivity index (χ0) is 14.4. The van der Waals surface area contributed by atoms with Crippen molar-refractivity contribution < 1.29 is 14.7 Å². The van der Waals surface area contributed by atoms with E-state index < -0.39 is 5.97 Å². The Balaban J connectivity index is 2.23. The molecular weight excluding hydrogens is 244 g/mol. The Labute approximate surface area is 115 Å². The minimum Gasteiger partial charge on any atom is -0.481 e. The molecular formula is C14H26N2O3. The summed E-state index contributed by atoms with van der Waals surface area (Å²) in [6.07, 6.45) is 3.30. The number of unbranched alkanes of at least 4 members (excludes halogenated alkanes) is 2. The summed E-state index contributed by atoms with van der Waals surface area (Å²) in [6, 6.07) is -0.154. The first-order valence-electron chi connectivity index (χ1n) is 7.22. The Kier molecular flexibility index (Phi) is 6.28. The summed E-state index contributed by atoms with van der Waals surface area (Å²) < 4.78 is 0. The second-order valence-corrected chi connectivity index (χ2v) is 5.52. The van der Waals surface area contributed by atoms with Crippen LogP contribution in [0.1, 0.15) is 40.0 Å². The van der Waals surface area contributed by atoms with E-state index in [0.717, 1.165) is 25.8 Å². The van der Waals surface area contributed by atoms with Crippen molar-refractivity contribution in [1.29, 1.82) is 0 Å². The fourth-order valence-electron chi connectivity index (χ4n) is 2.28. The van der Waals surface area contributed by atoms with Crippen LogP contribution in [0.2, 0.25) is 0 Å². The van der Waals surface area contributed by atoms with Crippen LogP contribution in [0, 0.1) is 11.8 Å². The molecule has 0 aliphatic carbocycles. The van der Waals surface area contributed by atoms with Gasteiger partial charge >= 0.3 is 5.97 Å². The highest BCUT2D eigenvalue weighted by atomic mass is 16.4. The van der Waals surface area contributed by atoms with Gasteiger partial charge in [-0.25, -0.2) is 0 Å². The molecule has 19 heavy (non-hydrogen) atoms. The molecule has 0 bridgehead atoms. The van der Waals surface area contributed by atoms with Crippen LogP contribution in [0.15, 0.2) is 0 Å². The third-order valence-corrected chi connectivity index (χ3v) is 4.04. The van der Waals surface area contributed by atoms with Crippen LogP contribution >= 0.6 is 0 Å². The molecule has 1 aliphatic heterocycles. The molecule has 0 spiro atoms. The average Bonchev–Trinajstić information content (AvgIpc) is 2.32. The molecule has 5 heteroatoms. The van der Waals surface area contributed by atoms with E-state index in [1.54, 1.807) is 6.92 Å². The Morgan fingerprint density at radius 2 is 1.95 bits per heavy atom. The zero-order valence-electron chi connectivity index (χ0n) is 12.2. The summed E-state index contributed by atoms with van der Waals surface area (Å²) in [6.45, 7) is 7.90. The standard InChI is InChI=1S/C14H26N2O3/c1-4-5-6-7-15-13(17)11(3)16-8-12(9-16)10(2)14(18)19/h10-12H,4-9H2,1-3H3,(H,15,17)(H,18,19). The van der Waals surface area contributed by atoms with Gasteiger partial charge in [0.2, 0.25) is 5.91 Å². The van der Waals surface area contributed by atoms with Gasteiger partial charge in [0.05, 0.1) is 12.0 Å². The fraction of sp³-hybridized carbons (Fsp3) is 0.857. The topological polar surface area (TPSA) is 69.6 Å². The molecule has 2 unspecified atom stereocenters. The Hall–Kier alpha value is -1.10. The molecule has 1 rings (SSSR count). The molecule has 0 saturated carbocycles. The molecule has 110 valence electrons. The maximum absolute atomic E-state index is 11.9. The third-order valence-electron chi connectivity index (χ3n) is 4.04. The fourth-order valence-corrected chi connectivity index (χ4v) is 2.28. The number of nitrogens with zero attached hydrogens (tertiary/aromatic N) is 1. The third kappa shape index (κ3) is 4.49. The van der Waals surface area contributed by atoms with Crippen LogP contribution < -0.4 is 5.32 Å². The van der Waals surface area contributed by atoms with Crippen molar-refractivity contribution >= 4 is 11.9 Å². The van der Waals surface area contributed by atoms with Crippen molar-refractivity contribution in [3.8, 4) is 0 Å². The lowest BCUT2D eigenvalue weighted by Gasteiger charge is -2.44. The predicted molar refractivity (Wildman–Crippen MR) is 73.9 cm³/mol. The number of hydrogen-bond acceptors (Lipinski definition) is 3. The second kappa shape index (κ2) is 7.48. The summed E-state index contributed by atoms with van der Waals surface area (Å²) in [5, 5.41) is 11.9. The van der Waals surface area contributed by atoms with Crippen molar-refractivity contribution in [1.82, 2.24) is 10.2 Å². The molecule has 1 saturated heterocycles. The van der Waals surface area contributed by atoms with E-state index in [9.17, 15) is 9.59 Å². The molecule has 0 radical (unpaired) electrons. The monoisotopic (exact) mass is 270 g/mol. The van der Waals surface area contributed by atoms with E-state index >= 15 is 0 Å². The van der Waals surface area contributed by atoms with Crippen LogP contribution in [-0.4, -0.2) is 47.6 Å². The molecule has 0 aromatic rings. The number of carboxylic acid groups (broad SMARTS) is 1. The van der Waals surface area contributed by atoms with Crippen LogP contribution in [0.25, 0.3) is 0 Å². The van der Waals surface area contributed by atoms with Gasteiger partial charge in [-0.2, -0.15) is 0 Å². The van der Waals surface area contributed by atoms with Gasteiger partial charge in [-0.3, -0.25) is 14.5 Å². The van der Waals surface area contributed by atoms with Crippen molar-refractivity contribution in [2.75, 3.05) is 19.6 Å². The quantitative estimate of drug-likeness (QED) is 0.653. The minimum atomic E-state index is -0.749. The number of rotatable bonds is 8. The normalized spacial score (nSPS) is 19.5. The Bertz CT molecular complexity index is 314.